The summed E-state index contributed by atoms with van der Waals surface area (Å²) < 4.78 is 33.1. The highest BCUT2D eigenvalue weighted by Crippen LogP contribution is 2.32. The maximum absolute atomic E-state index is 11.8. The molecule has 0 spiro atoms. The number of anilines is 5. The van der Waals surface area contributed by atoms with Gasteiger partial charge in [0.1, 0.15) is 16.6 Å². The van der Waals surface area contributed by atoms with Crippen LogP contribution in [-0.2, 0) is 16.6 Å². The Kier molecular flexibility index (Phi) is 7.09. The highest BCUT2D eigenvalue weighted by atomic mass is 35.5. The lowest BCUT2D eigenvalue weighted by Gasteiger charge is -2.15. The first-order chi connectivity index (χ1) is 15.0. The van der Waals surface area contributed by atoms with E-state index in [4.69, 9.17) is 16.3 Å². The van der Waals surface area contributed by atoms with Gasteiger partial charge in [-0.2, -0.15) is 10.1 Å². The number of aromatic nitrogens is 4. The second kappa shape index (κ2) is 9.61. The van der Waals surface area contributed by atoms with Gasteiger partial charge in [0.25, 0.3) is 0 Å². The molecule has 0 amide bonds. The lowest BCUT2D eigenvalue weighted by molar-refractivity contribution is 0.415. The highest BCUT2D eigenvalue weighted by Gasteiger charge is 2.14. The fraction of sp³-hybridized carbons (Fsp3) is 0.350. The van der Waals surface area contributed by atoms with Crippen molar-refractivity contribution in [1.29, 1.82) is 0 Å². The first-order valence-electron chi connectivity index (χ1n) is 9.81. The molecule has 172 valence electrons. The van der Waals surface area contributed by atoms with Crippen LogP contribution in [0.1, 0.15) is 19.5 Å². The van der Waals surface area contributed by atoms with Gasteiger partial charge in [-0.3, -0.25) is 4.72 Å². The molecule has 0 saturated heterocycles. The minimum Gasteiger partial charge on any atom is -0.497 e. The standard InChI is InChI=1S/C20H26ClN7O3S/c1-12(2)11-28-18(8-13(3)26-28)24-20-22-10-15(21)19(25-20)23-16-7-6-14(31-4)9-17(16)27-32(5,29)30/h6-10,12,27H,11H2,1-5H3,(H2,22,23,24,25). The smallest absolute Gasteiger partial charge is 0.230 e. The average Bonchev–Trinajstić information content (AvgIpc) is 3.02. The van der Waals surface area contributed by atoms with Crippen molar-refractivity contribution in [2.45, 2.75) is 27.3 Å². The zero-order valence-electron chi connectivity index (χ0n) is 18.5. The van der Waals surface area contributed by atoms with Gasteiger partial charge in [-0.15, -0.1) is 0 Å². The van der Waals surface area contributed by atoms with Crippen LogP contribution >= 0.6 is 11.6 Å². The largest absolute Gasteiger partial charge is 0.497 e. The average molecular weight is 480 g/mol. The van der Waals surface area contributed by atoms with Crippen molar-refractivity contribution in [3.63, 3.8) is 0 Å². The molecular formula is C20H26ClN7O3S. The van der Waals surface area contributed by atoms with Gasteiger partial charge in [0.15, 0.2) is 5.82 Å². The van der Waals surface area contributed by atoms with Crippen LogP contribution in [0.2, 0.25) is 5.02 Å². The Morgan fingerprint density at radius 1 is 1.19 bits per heavy atom. The van der Waals surface area contributed by atoms with Crippen LogP contribution in [-0.4, -0.2) is 41.5 Å². The Hall–Kier alpha value is -3.05. The van der Waals surface area contributed by atoms with Crippen LogP contribution in [0.5, 0.6) is 5.75 Å². The lowest BCUT2D eigenvalue weighted by atomic mass is 10.2. The number of sulfonamides is 1. The molecule has 12 heteroatoms. The van der Waals surface area contributed by atoms with Crippen molar-refractivity contribution in [2.24, 2.45) is 5.92 Å². The van der Waals surface area contributed by atoms with Crippen molar-refractivity contribution in [2.75, 3.05) is 28.7 Å². The van der Waals surface area contributed by atoms with Gasteiger partial charge < -0.3 is 15.4 Å². The van der Waals surface area contributed by atoms with Crippen molar-refractivity contribution in [3.8, 4) is 5.75 Å². The van der Waals surface area contributed by atoms with Gasteiger partial charge in [0.05, 0.1) is 36.6 Å². The number of hydrogen-bond acceptors (Lipinski definition) is 8. The quantitative estimate of drug-likeness (QED) is 0.418. The van der Waals surface area contributed by atoms with Gasteiger partial charge in [0.2, 0.25) is 16.0 Å². The summed E-state index contributed by atoms with van der Waals surface area (Å²) in [6, 6.07) is 6.83. The minimum atomic E-state index is -3.52. The number of methoxy groups -OCH3 is 1. The SMILES string of the molecule is COc1ccc(Nc2nc(Nc3cc(C)nn3CC(C)C)ncc2Cl)c(NS(C)(=O)=O)c1. The topological polar surface area (TPSA) is 123 Å². The van der Waals surface area contributed by atoms with Crippen LogP contribution in [0, 0.1) is 12.8 Å². The maximum Gasteiger partial charge on any atom is 0.230 e. The van der Waals surface area contributed by atoms with Gasteiger partial charge in [-0.1, -0.05) is 25.4 Å². The van der Waals surface area contributed by atoms with E-state index in [0.29, 0.717) is 34.8 Å². The Bertz CT molecular complexity index is 1210. The lowest BCUT2D eigenvalue weighted by Crippen LogP contribution is -2.12. The van der Waals surface area contributed by atoms with Crippen LogP contribution in [0.3, 0.4) is 0 Å². The molecule has 0 fully saturated rings. The number of halogens is 1. The van der Waals surface area contributed by atoms with E-state index in [1.165, 1.54) is 13.3 Å². The normalized spacial score (nSPS) is 11.5. The maximum atomic E-state index is 11.8. The highest BCUT2D eigenvalue weighted by molar-refractivity contribution is 7.92. The molecule has 0 aliphatic rings. The van der Waals surface area contributed by atoms with Gasteiger partial charge in [0, 0.05) is 18.7 Å². The number of benzene rings is 1. The summed E-state index contributed by atoms with van der Waals surface area (Å²) in [6.07, 6.45) is 2.53. The minimum absolute atomic E-state index is 0.267. The third-order valence-corrected chi connectivity index (χ3v) is 5.07. The van der Waals surface area contributed by atoms with Crippen molar-refractivity contribution in [3.05, 3.63) is 41.2 Å². The molecule has 0 saturated carbocycles. The van der Waals surface area contributed by atoms with E-state index in [9.17, 15) is 8.42 Å². The fourth-order valence-corrected chi connectivity index (χ4v) is 3.64. The number of hydrogen-bond donors (Lipinski definition) is 3. The molecule has 10 nitrogen and oxygen atoms in total. The van der Waals surface area contributed by atoms with E-state index in [0.717, 1.165) is 24.3 Å². The Balaban J connectivity index is 1.91. The molecule has 3 rings (SSSR count). The zero-order chi connectivity index (χ0) is 23.5. The number of nitrogens with one attached hydrogen (secondary N) is 3. The van der Waals surface area contributed by atoms with Gasteiger partial charge in [-0.25, -0.2) is 18.1 Å². The van der Waals surface area contributed by atoms with Crippen LogP contribution in [0.15, 0.2) is 30.5 Å². The predicted molar refractivity (Wildman–Crippen MR) is 127 cm³/mol. The molecule has 32 heavy (non-hydrogen) atoms. The second-order valence-electron chi connectivity index (χ2n) is 7.67. The molecule has 0 unspecified atom stereocenters. The number of aryl methyl sites for hydroxylation is 1. The van der Waals surface area contributed by atoms with Crippen LogP contribution in [0.4, 0.5) is 29.0 Å². The predicted octanol–water partition coefficient (Wildman–Crippen LogP) is 4.16. The molecule has 3 N–H and O–H groups in total. The van der Waals surface area contributed by atoms with Crippen molar-refractivity contribution >= 4 is 50.6 Å². The summed E-state index contributed by atoms with van der Waals surface area (Å²) in [6.45, 7) is 6.87. The van der Waals surface area contributed by atoms with E-state index < -0.39 is 10.0 Å². The van der Waals surface area contributed by atoms with Gasteiger partial charge in [-0.05, 0) is 25.0 Å². The number of nitrogens with zero attached hydrogens (tertiary/aromatic N) is 4. The molecule has 2 aromatic heterocycles. The monoisotopic (exact) mass is 479 g/mol. The molecule has 0 aliphatic carbocycles. The molecule has 0 atom stereocenters. The van der Waals surface area contributed by atoms with Crippen molar-refractivity contribution in [1.82, 2.24) is 19.7 Å². The summed E-state index contributed by atoms with van der Waals surface area (Å²) >= 11 is 6.30. The Morgan fingerprint density at radius 3 is 2.59 bits per heavy atom. The van der Waals surface area contributed by atoms with E-state index in [1.54, 1.807) is 18.2 Å². The molecular weight excluding hydrogens is 454 g/mol. The summed E-state index contributed by atoms with van der Waals surface area (Å²) in [4.78, 5) is 8.71. The molecule has 0 bridgehead atoms. The first-order valence-corrected chi connectivity index (χ1v) is 12.1. The molecule has 0 aliphatic heterocycles. The molecule has 3 aromatic rings. The molecule has 2 heterocycles. The van der Waals surface area contributed by atoms with E-state index >= 15 is 0 Å². The third-order valence-electron chi connectivity index (χ3n) is 4.20. The summed E-state index contributed by atoms with van der Waals surface area (Å²) in [5, 5.41) is 11.0. The zero-order valence-corrected chi connectivity index (χ0v) is 20.0. The Morgan fingerprint density at radius 2 is 1.94 bits per heavy atom. The summed E-state index contributed by atoms with van der Waals surface area (Å²) in [5.74, 6) is 2.28. The molecule has 0 radical (unpaired) electrons. The second-order valence-corrected chi connectivity index (χ2v) is 9.83. The summed E-state index contributed by atoms with van der Waals surface area (Å²) in [5.41, 5.74) is 1.61. The third kappa shape index (κ3) is 6.24. The van der Waals surface area contributed by atoms with E-state index in [1.807, 2.05) is 17.7 Å². The van der Waals surface area contributed by atoms with Crippen LogP contribution < -0.4 is 20.1 Å². The number of rotatable bonds is 9. The van der Waals surface area contributed by atoms with E-state index in [-0.39, 0.29) is 5.02 Å². The van der Waals surface area contributed by atoms with Crippen LogP contribution in [0.25, 0.3) is 0 Å². The summed E-state index contributed by atoms with van der Waals surface area (Å²) in [7, 11) is -2.02. The fourth-order valence-electron chi connectivity index (χ4n) is 2.93. The van der Waals surface area contributed by atoms with Crippen molar-refractivity contribution < 1.29 is 13.2 Å². The first kappa shape index (κ1) is 23.6. The van der Waals surface area contributed by atoms with Gasteiger partial charge >= 0.3 is 0 Å². The molecule has 1 aromatic carbocycles. The van der Waals surface area contributed by atoms with E-state index in [2.05, 4.69) is 44.3 Å². The number of ether oxygens (including phenoxy) is 1. The Labute approximate surface area is 192 Å².